The molecule has 1 amide bonds. The number of piperidine rings is 1. The number of H-pyrrole nitrogens is 1. The van der Waals surface area contributed by atoms with Crippen molar-refractivity contribution < 1.29 is 9.90 Å². The van der Waals surface area contributed by atoms with Crippen LogP contribution in [0, 0.1) is 5.92 Å². The average molecular weight is 329 g/mol. The fourth-order valence-corrected chi connectivity index (χ4v) is 3.57. The van der Waals surface area contributed by atoms with Crippen molar-refractivity contribution in [2.75, 3.05) is 26.2 Å². The van der Waals surface area contributed by atoms with Crippen molar-refractivity contribution in [3.63, 3.8) is 0 Å². The number of carbonyl (C=O) groups is 1. The van der Waals surface area contributed by atoms with Gasteiger partial charge in [0.15, 0.2) is 0 Å². The van der Waals surface area contributed by atoms with Crippen LogP contribution in [0.25, 0.3) is 10.9 Å². The summed E-state index contributed by atoms with van der Waals surface area (Å²) in [5.74, 6) is 0.383. The molecule has 2 atom stereocenters. The summed E-state index contributed by atoms with van der Waals surface area (Å²) in [7, 11) is 0. The Labute approximate surface area is 143 Å². The topological polar surface area (TPSA) is 68.4 Å². The lowest BCUT2D eigenvalue weighted by molar-refractivity contribution is -0.126. The maximum absolute atomic E-state index is 12.4. The second-order valence-corrected chi connectivity index (χ2v) is 6.76. The number of carbonyl (C=O) groups excluding carboxylic acids is 1. The Balaban J connectivity index is 1.50. The van der Waals surface area contributed by atoms with Crippen molar-refractivity contribution in [3.05, 3.63) is 36.0 Å². The summed E-state index contributed by atoms with van der Waals surface area (Å²) in [5.41, 5.74) is 2.37. The molecule has 3 rings (SSSR count). The average Bonchev–Trinajstić information content (AvgIpc) is 3.04. The van der Waals surface area contributed by atoms with Crippen LogP contribution in [0.1, 0.15) is 25.3 Å². The minimum absolute atomic E-state index is 0.0773. The number of rotatable bonds is 6. The lowest BCUT2D eigenvalue weighted by Gasteiger charge is -2.35. The zero-order valence-electron chi connectivity index (χ0n) is 14.3. The fourth-order valence-electron chi connectivity index (χ4n) is 3.57. The fraction of sp³-hybridized carbons (Fsp3) is 0.526. The zero-order chi connectivity index (χ0) is 16.9. The molecule has 0 radical (unpaired) electrons. The van der Waals surface area contributed by atoms with E-state index in [4.69, 9.17) is 0 Å². The predicted molar refractivity (Wildman–Crippen MR) is 95.9 cm³/mol. The van der Waals surface area contributed by atoms with E-state index in [1.807, 2.05) is 25.3 Å². The van der Waals surface area contributed by atoms with Crippen molar-refractivity contribution in [2.24, 2.45) is 5.92 Å². The van der Waals surface area contributed by atoms with E-state index >= 15 is 0 Å². The Hall–Kier alpha value is -1.85. The van der Waals surface area contributed by atoms with E-state index in [1.54, 1.807) is 0 Å². The highest BCUT2D eigenvalue weighted by Crippen LogP contribution is 2.19. The first-order valence-corrected chi connectivity index (χ1v) is 8.86. The van der Waals surface area contributed by atoms with Crippen molar-refractivity contribution >= 4 is 16.8 Å². The lowest BCUT2D eigenvalue weighted by atomic mass is 9.97. The van der Waals surface area contributed by atoms with Crippen LogP contribution in [0.15, 0.2) is 30.5 Å². The molecular formula is C19H27N3O2. The number of likely N-dealkylation sites (tertiary alicyclic amines) is 1. The molecule has 3 N–H and O–H groups in total. The molecule has 1 fully saturated rings. The van der Waals surface area contributed by atoms with Crippen LogP contribution in [-0.4, -0.2) is 53.2 Å². The molecule has 2 unspecified atom stereocenters. The number of aromatic nitrogens is 1. The SMILES string of the molecule is CC(C(=O)NCCc1c[nH]c2ccccc12)N1CCCC(CO)C1. The first-order chi connectivity index (χ1) is 11.7. The zero-order valence-corrected chi connectivity index (χ0v) is 14.3. The Kier molecular flexibility index (Phi) is 5.53. The summed E-state index contributed by atoms with van der Waals surface area (Å²) in [6.45, 7) is 4.57. The largest absolute Gasteiger partial charge is 0.396 e. The summed E-state index contributed by atoms with van der Waals surface area (Å²) >= 11 is 0. The Bertz CT molecular complexity index is 682. The Morgan fingerprint density at radius 2 is 2.29 bits per heavy atom. The van der Waals surface area contributed by atoms with E-state index in [9.17, 15) is 9.90 Å². The molecule has 5 heteroatoms. The van der Waals surface area contributed by atoms with Gasteiger partial charge in [0.1, 0.15) is 0 Å². The van der Waals surface area contributed by atoms with Gasteiger partial charge in [-0.3, -0.25) is 9.69 Å². The molecule has 24 heavy (non-hydrogen) atoms. The van der Waals surface area contributed by atoms with Crippen molar-refractivity contribution in [1.82, 2.24) is 15.2 Å². The quantitative estimate of drug-likeness (QED) is 0.758. The lowest BCUT2D eigenvalue weighted by Crippen LogP contribution is -2.49. The number of hydrogen-bond donors (Lipinski definition) is 3. The van der Waals surface area contributed by atoms with E-state index < -0.39 is 0 Å². The molecule has 1 aliphatic rings. The number of aliphatic hydroxyl groups excluding tert-OH is 1. The van der Waals surface area contributed by atoms with E-state index in [-0.39, 0.29) is 18.6 Å². The summed E-state index contributed by atoms with van der Waals surface area (Å²) in [4.78, 5) is 17.9. The highest BCUT2D eigenvalue weighted by atomic mass is 16.3. The van der Waals surface area contributed by atoms with Crippen LogP contribution in [0.5, 0.6) is 0 Å². The number of benzene rings is 1. The van der Waals surface area contributed by atoms with Gasteiger partial charge >= 0.3 is 0 Å². The molecule has 1 aliphatic heterocycles. The second-order valence-electron chi connectivity index (χ2n) is 6.76. The number of hydrogen-bond acceptors (Lipinski definition) is 3. The van der Waals surface area contributed by atoms with Crippen LogP contribution >= 0.6 is 0 Å². The molecule has 1 aromatic carbocycles. The van der Waals surface area contributed by atoms with E-state index in [0.717, 1.165) is 37.9 Å². The standard InChI is InChI=1S/C19H27N3O2/c1-14(22-10-4-5-15(12-22)13-23)19(24)20-9-8-16-11-21-18-7-3-2-6-17(16)18/h2-3,6-7,11,14-15,21,23H,4-5,8-10,12-13H2,1H3,(H,20,24). The van der Waals surface area contributed by atoms with E-state index in [1.165, 1.54) is 10.9 Å². The van der Waals surface area contributed by atoms with Crippen molar-refractivity contribution in [3.8, 4) is 0 Å². The van der Waals surface area contributed by atoms with Gasteiger partial charge in [0.2, 0.25) is 5.91 Å². The number of para-hydroxylation sites is 1. The summed E-state index contributed by atoms with van der Waals surface area (Å²) in [6, 6.07) is 8.09. The molecular weight excluding hydrogens is 302 g/mol. The molecule has 0 aliphatic carbocycles. The number of nitrogens with zero attached hydrogens (tertiary/aromatic N) is 1. The van der Waals surface area contributed by atoms with Crippen LogP contribution < -0.4 is 5.32 Å². The Morgan fingerprint density at radius 3 is 3.12 bits per heavy atom. The Morgan fingerprint density at radius 1 is 1.46 bits per heavy atom. The number of nitrogens with one attached hydrogen (secondary N) is 2. The highest BCUT2D eigenvalue weighted by molar-refractivity contribution is 5.83. The third-order valence-corrected chi connectivity index (χ3v) is 5.10. The molecule has 130 valence electrons. The van der Waals surface area contributed by atoms with Gasteiger partial charge in [-0.1, -0.05) is 18.2 Å². The van der Waals surface area contributed by atoms with Gasteiger partial charge in [0.25, 0.3) is 0 Å². The minimum Gasteiger partial charge on any atom is -0.396 e. The molecule has 1 saturated heterocycles. The van der Waals surface area contributed by atoms with Gasteiger partial charge in [-0.15, -0.1) is 0 Å². The maximum atomic E-state index is 12.4. The summed E-state index contributed by atoms with van der Waals surface area (Å²) in [6.07, 6.45) is 4.96. The molecule has 1 aromatic heterocycles. The van der Waals surface area contributed by atoms with Crippen LogP contribution in [-0.2, 0) is 11.2 Å². The van der Waals surface area contributed by atoms with Gasteiger partial charge in [0, 0.05) is 36.8 Å². The normalized spacial score (nSPS) is 20.2. The molecule has 2 aromatic rings. The first-order valence-electron chi connectivity index (χ1n) is 8.86. The van der Waals surface area contributed by atoms with Crippen LogP contribution in [0.3, 0.4) is 0 Å². The molecule has 0 bridgehead atoms. The van der Waals surface area contributed by atoms with Crippen LogP contribution in [0.2, 0.25) is 0 Å². The smallest absolute Gasteiger partial charge is 0.237 e. The van der Waals surface area contributed by atoms with Gasteiger partial charge in [-0.25, -0.2) is 0 Å². The molecule has 0 saturated carbocycles. The summed E-state index contributed by atoms with van der Waals surface area (Å²) in [5, 5.41) is 13.6. The number of fused-ring (bicyclic) bond motifs is 1. The minimum atomic E-state index is -0.137. The third kappa shape index (κ3) is 3.79. The first kappa shape index (κ1) is 17.0. The number of aromatic amines is 1. The summed E-state index contributed by atoms with van der Waals surface area (Å²) < 4.78 is 0. The number of aliphatic hydroxyl groups is 1. The number of amides is 1. The molecule has 2 heterocycles. The molecule has 0 spiro atoms. The van der Waals surface area contributed by atoms with E-state index in [0.29, 0.717) is 12.5 Å². The predicted octanol–water partition coefficient (Wildman–Crippen LogP) is 1.92. The molecule has 5 nitrogen and oxygen atoms in total. The highest BCUT2D eigenvalue weighted by Gasteiger charge is 2.26. The van der Waals surface area contributed by atoms with Crippen molar-refractivity contribution in [1.29, 1.82) is 0 Å². The third-order valence-electron chi connectivity index (χ3n) is 5.10. The van der Waals surface area contributed by atoms with Gasteiger partial charge < -0.3 is 15.4 Å². The van der Waals surface area contributed by atoms with Crippen molar-refractivity contribution in [2.45, 2.75) is 32.2 Å². The van der Waals surface area contributed by atoms with Gasteiger partial charge in [-0.05, 0) is 50.3 Å². The van der Waals surface area contributed by atoms with Gasteiger partial charge in [0.05, 0.1) is 6.04 Å². The maximum Gasteiger partial charge on any atom is 0.237 e. The van der Waals surface area contributed by atoms with E-state index in [2.05, 4.69) is 27.3 Å². The van der Waals surface area contributed by atoms with Crippen LogP contribution in [0.4, 0.5) is 0 Å². The second kappa shape index (κ2) is 7.81. The monoisotopic (exact) mass is 329 g/mol. The van der Waals surface area contributed by atoms with Gasteiger partial charge in [-0.2, -0.15) is 0 Å².